The molecule has 1 aliphatic rings. The number of thioether (sulfide) groups is 1. The molecule has 5 heteroatoms. The predicted molar refractivity (Wildman–Crippen MR) is 107 cm³/mol. The Bertz CT molecular complexity index is 518. The van der Waals surface area contributed by atoms with Gasteiger partial charge in [-0.05, 0) is 75.4 Å². The minimum Gasteiger partial charge on any atom is -0.326 e. The van der Waals surface area contributed by atoms with E-state index in [1.807, 2.05) is 17.8 Å². The number of halogens is 1. The second kappa shape index (κ2) is 11.0. The molecule has 1 unspecified atom stereocenters. The maximum absolute atomic E-state index is 12.2. The van der Waals surface area contributed by atoms with Crippen molar-refractivity contribution >= 4 is 35.8 Å². The average molecular weight is 371 g/mol. The van der Waals surface area contributed by atoms with E-state index in [1.54, 1.807) is 0 Å². The van der Waals surface area contributed by atoms with Crippen molar-refractivity contribution in [2.24, 2.45) is 5.92 Å². The number of hydrogen-bond donors (Lipinski definition) is 2. The van der Waals surface area contributed by atoms with Gasteiger partial charge in [-0.15, -0.1) is 24.2 Å². The predicted octanol–water partition coefficient (Wildman–Crippen LogP) is 5.03. The Morgan fingerprint density at radius 1 is 1.38 bits per heavy atom. The van der Waals surface area contributed by atoms with E-state index in [-0.39, 0.29) is 18.3 Å². The van der Waals surface area contributed by atoms with Gasteiger partial charge in [-0.25, -0.2) is 0 Å². The number of carbonyl (C=O) groups is 1. The summed E-state index contributed by atoms with van der Waals surface area (Å²) in [5.41, 5.74) is 2.10. The van der Waals surface area contributed by atoms with E-state index in [4.69, 9.17) is 0 Å². The Hall–Kier alpha value is -0.710. The number of piperidine rings is 1. The molecule has 1 aromatic rings. The highest BCUT2D eigenvalue weighted by atomic mass is 35.5. The summed E-state index contributed by atoms with van der Waals surface area (Å²) < 4.78 is 0. The number of carbonyl (C=O) groups excluding carboxylic acids is 1. The lowest BCUT2D eigenvalue weighted by Crippen LogP contribution is -2.28. The molecule has 2 rings (SSSR count). The standard InChI is InChI=1S/C19H30N2OS.ClH/c1-4-15(3)23-17-6-7-18(14(2)13-17)21-19(22)8-5-16-9-11-20-12-10-16;/h6-7,13,15-16,20H,4-5,8-12H2,1-3H3,(H,21,22);1H. The van der Waals surface area contributed by atoms with Gasteiger partial charge in [0.05, 0.1) is 0 Å². The molecule has 1 fully saturated rings. The van der Waals surface area contributed by atoms with Crippen LogP contribution in [0.15, 0.2) is 23.1 Å². The average Bonchev–Trinajstić information content (AvgIpc) is 2.56. The molecule has 1 amide bonds. The fourth-order valence-corrected chi connectivity index (χ4v) is 3.91. The Labute approximate surface area is 157 Å². The Morgan fingerprint density at radius 3 is 2.71 bits per heavy atom. The second-order valence-corrected chi connectivity index (χ2v) is 8.11. The molecule has 0 radical (unpaired) electrons. The first-order valence-electron chi connectivity index (χ1n) is 8.86. The van der Waals surface area contributed by atoms with E-state index in [1.165, 1.54) is 24.2 Å². The number of rotatable bonds is 7. The topological polar surface area (TPSA) is 41.1 Å². The van der Waals surface area contributed by atoms with Gasteiger partial charge in [0.25, 0.3) is 0 Å². The first kappa shape index (κ1) is 21.3. The Morgan fingerprint density at radius 2 is 2.08 bits per heavy atom. The molecule has 0 bridgehead atoms. The van der Waals surface area contributed by atoms with Gasteiger partial charge < -0.3 is 10.6 Å². The molecule has 3 nitrogen and oxygen atoms in total. The molecule has 0 spiro atoms. The van der Waals surface area contributed by atoms with E-state index in [0.717, 1.165) is 30.8 Å². The van der Waals surface area contributed by atoms with Crippen molar-refractivity contribution in [3.8, 4) is 0 Å². The monoisotopic (exact) mass is 370 g/mol. The van der Waals surface area contributed by atoms with Crippen LogP contribution in [-0.4, -0.2) is 24.2 Å². The van der Waals surface area contributed by atoms with Crippen LogP contribution in [0.1, 0.15) is 51.5 Å². The molecular formula is C19H31ClN2OS. The van der Waals surface area contributed by atoms with Crippen LogP contribution in [0.3, 0.4) is 0 Å². The van der Waals surface area contributed by atoms with Crippen molar-refractivity contribution < 1.29 is 4.79 Å². The highest BCUT2D eigenvalue weighted by molar-refractivity contribution is 7.99. The molecule has 24 heavy (non-hydrogen) atoms. The highest BCUT2D eigenvalue weighted by Crippen LogP contribution is 2.28. The van der Waals surface area contributed by atoms with E-state index in [0.29, 0.717) is 17.6 Å². The molecule has 1 saturated heterocycles. The van der Waals surface area contributed by atoms with Crippen LogP contribution in [0.4, 0.5) is 5.69 Å². The summed E-state index contributed by atoms with van der Waals surface area (Å²) in [6.07, 6.45) is 5.21. The third kappa shape index (κ3) is 7.04. The Balaban J connectivity index is 0.00000288. The van der Waals surface area contributed by atoms with Crippen molar-refractivity contribution in [2.75, 3.05) is 18.4 Å². The molecule has 1 aromatic carbocycles. The fraction of sp³-hybridized carbons (Fsp3) is 0.632. The SMILES string of the molecule is CCC(C)Sc1ccc(NC(=O)CCC2CCNCC2)c(C)c1.Cl. The smallest absolute Gasteiger partial charge is 0.224 e. The lowest BCUT2D eigenvalue weighted by Gasteiger charge is -2.22. The van der Waals surface area contributed by atoms with Crippen LogP contribution < -0.4 is 10.6 Å². The van der Waals surface area contributed by atoms with Gasteiger partial charge in [0, 0.05) is 22.3 Å². The van der Waals surface area contributed by atoms with Crippen LogP contribution in [0.5, 0.6) is 0 Å². The maximum Gasteiger partial charge on any atom is 0.224 e. The molecule has 0 aliphatic carbocycles. The molecular weight excluding hydrogens is 340 g/mol. The number of amides is 1. The largest absolute Gasteiger partial charge is 0.326 e. The number of hydrogen-bond acceptors (Lipinski definition) is 3. The summed E-state index contributed by atoms with van der Waals surface area (Å²) in [6.45, 7) is 8.72. The van der Waals surface area contributed by atoms with Crippen molar-refractivity contribution in [3.63, 3.8) is 0 Å². The van der Waals surface area contributed by atoms with Crippen LogP contribution in [0.2, 0.25) is 0 Å². The zero-order valence-corrected chi connectivity index (χ0v) is 16.7. The summed E-state index contributed by atoms with van der Waals surface area (Å²) >= 11 is 1.90. The normalized spacial score (nSPS) is 16.3. The highest BCUT2D eigenvalue weighted by Gasteiger charge is 2.15. The molecule has 0 saturated carbocycles. The van der Waals surface area contributed by atoms with Crippen molar-refractivity contribution in [1.29, 1.82) is 0 Å². The summed E-state index contributed by atoms with van der Waals surface area (Å²) in [5, 5.41) is 7.08. The fourth-order valence-electron chi connectivity index (χ4n) is 2.88. The minimum atomic E-state index is 0. The van der Waals surface area contributed by atoms with Gasteiger partial charge in [-0.1, -0.05) is 13.8 Å². The third-order valence-electron chi connectivity index (χ3n) is 4.62. The molecule has 136 valence electrons. The molecule has 0 aromatic heterocycles. The molecule has 1 heterocycles. The summed E-state index contributed by atoms with van der Waals surface area (Å²) in [5.74, 6) is 0.853. The Kier molecular flexibility index (Phi) is 9.79. The quantitative estimate of drug-likeness (QED) is 0.661. The summed E-state index contributed by atoms with van der Waals surface area (Å²) in [7, 11) is 0. The van der Waals surface area contributed by atoms with Gasteiger partial charge in [-0.3, -0.25) is 4.79 Å². The van der Waals surface area contributed by atoms with Crippen molar-refractivity contribution in [2.45, 2.75) is 63.0 Å². The van der Waals surface area contributed by atoms with Crippen molar-refractivity contribution in [1.82, 2.24) is 5.32 Å². The first-order valence-corrected chi connectivity index (χ1v) is 9.74. The van der Waals surface area contributed by atoms with Crippen LogP contribution in [0.25, 0.3) is 0 Å². The van der Waals surface area contributed by atoms with E-state index < -0.39 is 0 Å². The number of nitrogens with one attached hydrogen (secondary N) is 2. The second-order valence-electron chi connectivity index (χ2n) is 6.59. The van der Waals surface area contributed by atoms with Crippen LogP contribution in [0, 0.1) is 12.8 Å². The zero-order chi connectivity index (χ0) is 16.7. The van der Waals surface area contributed by atoms with E-state index in [2.05, 4.69) is 43.5 Å². The van der Waals surface area contributed by atoms with Gasteiger partial charge in [0.1, 0.15) is 0 Å². The van der Waals surface area contributed by atoms with E-state index in [9.17, 15) is 4.79 Å². The zero-order valence-electron chi connectivity index (χ0n) is 15.1. The van der Waals surface area contributed by atoms with Gasteiger partial charge in [0.2, 0.25) is 5.91 Å². The van der Waals surface area contributed by atoms with E-state index >= 15 is 0 Å². The molecule has 1 atom stereocenters. The maximum atomic E-state index is 12.2. The number of aryl methyl sites for hydroxylation is 1. The van der Waals surface area contributed by atoms with Crippen LogP contribution >= 0.6 is 24.2 Å². The third-order valence-corrected chi connectivity index (χ3v) is 5.88. The molecule has 2 N–H and O–H groups in total. The number of benzene rings is 1. The van der Waals surface area contributed by atoms with Crippen LogP contribution in [-0.2, 0) is 4.79 Å². The summed E-state index contributed by atoms with van der Waals surface area (Å²) in [4.78, 5) is 13.5. The minimum absolute atomic E-state index is 0. The van der Waals surface area contributed by atoms with Crippen molar-refractivity contribution in [3.05, 3.63) is 23.8 Å². The lowest BCUT2D eigenvalue weighted by molar-refractivity contribution is -0.116. The lowest BCUT2D eigenvalue weighted by atomic mass is 9.93. The first-order chi connectivity index (χ1) is 11.1. The summed E-state index contributed by atoms with van der Waals surface area (Å²) in [6, 6.07) is 6.34. The number of anilines is 1. The van der Waals surface area contributed by atoms with Gasteiger partial charge in [0.15, 0.2) is 0 Å². The molecule has 1 aliphatic heterocycles. The van der Waals surface area contributed by atoms with Gasteiger partial charge in [-0.2, -0.15) is 0 Å². The van der Waals surface area contributed by atoms with Gasteiger partial charge >= 0.3 is 0 Å².